The molecule has 188 valence electrons. The third kappa shape index (κ3) is 26.2. The van der Waals surface area contributed by atoms with Gasteiger partial charge in [0.15, 0.2) is 0 Å². The lowest BCUT2D eigenvalue weighted by molar-refractivity contribution is 0.0268. The van der Waals surface area contributed by atoms with Crippen LogP contribution in [0.25, 0.3) is 0 Å². The van der Waals surface area contributed by atoms with Crippen molar-refractivity contribution in [3.8, 4) is 0 Å². The van der Waals surface area contributed by atoms with Crippen LogP contribution in [0.1, 0.15) is 0 Å². The van der Waals surface area contributed by atoms with Gasteiger partial charge in [0.2, 0.25) is 0 Å². The van der Waals surface area contributed by atoms with Gasteiger partial charge in [-0.25, -0.2) is 0 Å². The van der Waals surface area contributed by atoms with Gasteiger partial charge in [0.25, 0.3) is 0 Å². The van der Waals surface area contributed by atoms with E-state index in [9.17, 15) is 0 Å². The molecule has 0 aliphatic carbocycles. The first kappa shape index (κ1) is 31.1. The summed E-state index contributed by atoms with van der Waals surface area (Å²) in [5, 5.41) is 0. The minimum absolute atomic E-state index is 0.209. The van der Waals surface area contributed by atoms with Gasteiger partial charge in [-0.1, -0.05) is 7.92 Å². The van der Waals surface area contributed by atoms with E-state index in [1.165, 1.54) is 0 Å². The van der Waals surface area contributed by atoms with Gasteiger partial charge in [0.05, 0.1) is 99.1 Å². The Hall–Kier alpha value is 0.0700. The molecule has 0 atom stereocenters. The molecule has 0 aliphatic rings. The summed E-state index contributed by atoms with van der Waals surface area (Å²) in [5.41, 5.74) is 0. The molecule has 0 aromatic heterocycles. The Balaban J connectivity index is 3.82. The van der Waals surface area contributed by atoms with E-state index in [1.807, 2.05) is 0 Å². The van der Waals surface area contributed by atoms with Gasteiger partial charge in [-0.15, -0.1) is 0 Å². The molecule has 0 radical (unpaired) electrons. The molecule has 9 nitrogen and oxygen atoms in total. The van der Waals surface area contributed by atoms with Crippen LogP contribution in [-0.2, 0) is 42.6 Å². The molecule has 31 heavy (non-hydrogen) atoms. The second-order valence-electron chi connectivity index (χ2n) is 6.49. The number of methoxy groups -OCH3 is 3. The second-order valence-corrected chi connectivity index (χ2v) is 9.18. The van der Waals surface area contributed by atoms with Gasteiger partial charge in [-0.2, -0.15) is 0 Å². The topological polar surface area (TPSA) is 83.1 Å². The van der Waals surface area contributed by atoms with Crippen molar-refractivity contribution in [3.63, 3.8) is 0 Å². The molecule has 0 aromatic carbocycles. The van der Waals surface area contributed by atoms with Crippen LogP contribution in [0.15, 0.2) is 0 Å². The van der Waals surface area contributed by atoms with Crippen LogP contribution in [0.5, 0.6) is 0 Å². The Morgan fingerprint density at radius 1 is 0.323 bits per heavy atom. The van der Waals surface area contributed by atoms with E-state index in [0.717, 1.165) is 38.3 Å². The quantitative estimate of drug-likeness (QED) is 0.130. The number of hydrogen-bond acceptors (Lipinski definition) is 9. The van der Waals surface area contributed by atoms with E-state index in [4.69, 9.17) is 42.6 Å². The maximum Gasteiger partial charge on any atom is 0.0701 e. The lowest BCUT2D eigenvalue weighted by Gasteiger charge is -2.18. The van der Waals surface area contributed by atoms with Crippen LogP contribution >= 0.6 is 7.92 Å². The molecular formula is C21H45O9P. The zero-order valence-electron chi connectivity index (χ0n) is 19.8. The second kappa shape index (κ2) is 28.1. The van der Waals surface area contributed by atoms with Crippen molar-refractivity contribution in [3.05, 3.63) is 0 Å². The average molecular weight is 473 g/mol. The van der Waals surface area contributed by atoms with Crippen LogP contribution in [0.3, 0.4) is 0 Å². The molecule has 0 bridgehead atoms. The zero-order chi connectivity index (χ0) is 22.7. The molecule has 0 saturated carbocycles. The lowest BCUT2D eigenvalue weighted by atomic mass is 10.7. The fourth-order valence-electron chi connectivity index (χ4n) is 2.31. The Morgan fingerprint density at radius 2 is 0.548 bits per heavy atom. The first-order valence-corrected chi connectivity index (χ1v) is 12.9. The van der Waals surface area contributed by atoms with Crippen molar-refractivity contribution >= 4 is 7.92 Å². The Kier molecular flexibility index (Phi) is 28.2. The highest BCUT2D eigenvalue weighted by molar-refractivity contribution is 7.57. The largest absolute Gasteiger partial charge is 0.382 e. The van der Waals surface area contributed by atoms with Gasteiger partial charge in [0.1, 0.15) is 0 Å². The van der Waals surface area contributed by atoms with Gasteiger partial charge < -0.3 is 42.6 Å². The molecule has 0 aliphatic heterocycles. The Morgan fingerprint density at radius 3 is 0.806 bits per heavy atom. The SMILES string of the molecule is COCCOCCOCCP(CCOCCOCCOC)CCOCCOCCOC. The van der Waals surface area contributed by atoms with Crippen molar-refractivity contribution in [2.24, 2.45) is 0 Å². The molecule has 0 heterocycles. The smallest absolute Gasteiger partial charge is 0.0701 e. The predicted molar refractivity (Wildman–Crippen MR) is 122 cm³/mol. The molecule has 0 aromatic rings. The van der Waals surface area contributed by atoms with E-state index >= 15 is 0 Å². The third-order valence-electron chi connectivity index (χ3n) is 4.07. The summed E-state index contributed by atoms with van der Waals surface area (Å²) in [6.07, 6.45) is 3.11. The van der Waals surface area contributed by atoms with Crippen molar-refractivity contribution in [1.82, 2.24) is 0 Å². The molecular weight excluding hydrogens is 427 g/mol. The molecule has 0 spiro atoms. The fraction of sp³-hybridized carbons (Fsp3) is 1.00. The molecule has 0 unspecified atom stereocenters. The van der Waals surface area contributed by atoms with Crippen LogP contribution in [0, 0.1) is 0 Å². The van der Waals surface area contributed by atoms with E-state index in [2.05, 4.69) is 0 Å². The van der Waals surface area contributed by atoms with Crippen LogP contribution in [0.4, 0.5) is 0 Å². The lowest BCUT2D eigenvalue weighted by Crippen LogP contribution is -2.15. The Bertz CT molecular complexity index is 280. The predicted octanol–water partition coefficient (Wildman–Crippen LogP) is 1.51. The average Bonchev–Trinajstić information content (AvgIpc) is 2.78. The fourth-order valence-corrected chi connectivity index (χ4v) is 4.14. The molecule has 0 amide bonds. The minimum Gasteiger partial charge on any atom is -0.382 e. The summed E-state index contributed by atoms with van der Waals surface area (Å²) < 4.78 is 48.2. The van der Waals surface area contributed by atoms with E-state index in [0.29, 0.717) is 79.3 Å². The van der Waals surface area contributed by atoms with E-state index in [-0.39, 0.29) is 7.92 Å². The van der Waals surface area contributed by atoms with Crippen molar-refractivity contribution in [2.75, 3.05) is 139 Å². The summed E-state index contributed by atoms with van der Waals surface area (Å²) in [4.78, 5) is 0. The summed E-state index contributed by atoms with van der Waals surface area (Å²) in [6, 6.07) is 0. The summed E-state index contributed by atoms with van der Waals surface area (Å²) >= 11 is 0. The number of rotatable bonds is 27. The van der Waals surface area contributed by atoms with E-state index in [1.54, 1.807) is 21.3 Å². The molecule has 0 saturated heterocycles. The van der Waals surface area contributed by atoms with Gasteiger partial charge in [-0.05, 0) is 18.5 Å². The van der Waals surface area contributed by atoms with Crippen molar-refractivity contribution in [2.45, 2.75) is 0 Å². The highest BCUT2D eigenvalue weighted by Crippen LogP contribution is 2.34. The number of ether oxygens (including phenoxy) is 9. The summed E-state index contributed by atoms with van der Waals surface area (Å²) in [6.45, 7) is 9.47. The van der Waals surface area contributed by atoms with Crippen molar-refractivity contribution in [1.29, 1.82) is 0 Å². The highest BCUT2D eigenvalue weighted by Gasteiger charge is 2.09. The van der Waals surface area contributed by atoms with Crippen LogP contribution < -0.4 is 0 Å². The van der Waals surface area contributed by atoms with Crippen LogP contribution in [-0.4, -0.2) is 139 Å². The van der Waals surface area contributed by atoms with Gasteiger partial charge in [0, 0.05) is 21.3 Å². The third-order valence-corrected chi connectivity index (χ3v) is 6.51. The van der Waals surface area contributed by atoms with Gasteiger partial charge in [-0.3, -0.25) is 0 Å². The minimum atomic E-state index is -0.209. The Labute approximate surface area is 190 Å². The first-order valence-electron chi connectivity index (χ1n) is 11.0. The van der Waals surface area contributed by atoms with E-state index < -0.39 is 0 Å². The summed E-state index contributed by atoms with van der Waals surface area (Å²) in [5.74, 6) is 0. The molecule has 0 N–H and O–H groups in total. The standard InChI is InChI=1S/C21H45O9P/c1-22-4-7-25-10-13-28-16-19-31(20-17-29-14-11-26-8-5-23-2)21-18-30-15-12-27-9-6-24-3/h4-21H2,1-3H3. The molecule has 0 rings (SSSR count). The highest BCUT2D eigenvalue weighted by atomic mass is 31.1. The maximum absolute atomic E-state index is 5.71. The first-order chi connectivity index (χ1) is 15.3. The summed E-state index contributed by atoms with van der Waals surface area (Å²) in [7, 11) is 4.79. The molecule has 0 fully saturated rings. The van der Waals surface area contributed by atoms with Crippen LogP contribution in [0.2, 0.25) is 0 Å². The molecule has 10 heteroatoms. The normalized spacial score (nSPS) is 11.6. The maximum atomic E-state index is 5.71. The zero-order valence-corrected chi connectivity index (χ0v) is 20.7. The monoisotopic (exact) mass is 472 g/mol. The van der Waals surface area contributed by atoms with Gasteiger partial charge >= 0.3 is 0 Å². The van der Waals surface area contributed by atoms with Crippen molar-refractivity contribution < 1.29 is 42.6 Å². The number of hydrogen-bond donors (Lipinski definition) is 0.